The fourth-order valence-corrected chi connectivity index (χ4v) is 3.83. The van der Waals surface area contributed by atoms with E-state index < -0.39 is 0 Å². The molecule has 0 saturated carbocycles. The summed E-state index contributed by atoms with van der Waals surface area (Å²) in [6.07, 6.45) is 0. The first-order chi connectivity index (χ1) is 12.8. The summed E-state index contributed by atoms with van der Waals surface area (Å²) in [4.78, 5) is 0. The minimum absolute atomic E-state index is 0.00124. The highest BCUT2D eigenvalue weighted by Gasteiger charge is 2.18. The number of hydrogen-bond donors (Lipinski definition) is 3. The Morgan fingerprint density at radius 2 is 1.11 bits per heavy atom. The summed E-state index contributed by atoms with van der Waals surface area (Å²) in [7, 11) is 0. The molecule has 0 radical (unpaired) electrons. The number of rotatable bonds is 4. The molecule has 0 heterocycles. The molecule has 2 unspecified atom stereocenters. The van der Waals surface area contributed by atoms with E-state index in [4.69, 9.17) is 0 Å². The van der Waals surface area contributed by atoms with Crippen molar-refractivity contribution >= 4 is 0 Å². The maximum absolute atomic E-state index is 10.5. The van der Waals surface area contributed by atoms with E-state index in [1.165, 1.54) is 0 Å². The van der Waals surface area contributed by atoms with Crippen LogP contribution in [0.4, 0.5) is 0 Å². The molecule has 0 bridgehead atoms. The van der Waals surface area contributed by atoms with E-state index in [1.807, 2.05) is 32.0 Å². The van der Waals surface area contributed by atoms with Gasteiger partial charge >= 0.3 is 0 Å². The Kier molecular flexibility index (Phi) is 5.13. The van der Waals surface area contributed by atoms with E-state index in [-0.39, 0.29) is 29.1 Å². The smallest absolute Gasteiger partial charge is 0.119 e. The summed E-state index contributed by atoms with van der Waals surface area (Å²) >= 11 is 0. The molecule has 0 spiro atoms. The lowest BCUT2D eigenvalue weighted by atomic mass is 9.84. The van der Waals surface area contributed by atoms with Crippen molar-refractivity contribution in [2.75, 3.05) is 0 Å². The van der Waals surface area contributed by atoms with Crippen LogP contribution in [0.25, 0.3) is 0 Å². The molecule has 0 aliphatic carbocycles. The van der Waals surface area contributed by atoms with Crippen LogP contribution in [0.15, 0.2) is 54.6 Å². The van der Waals surface area contributed by atoms with Gasteiger partial charge in [-0.2, -0.15) is 0 Å². The van der Waals surface area contributed by atoms with Crippen molar-refractivity contribution in [1.29, 1.82) is 0 Å². The molecule has 3 N–H and O–H groups in total. The summed E-state index contributed by atoms with van der Waals surface area (Å²) < 4.78 is 0. The fourth-order valence-electron chi connectivity index (χ4n) is 3.83. The second-order valence-electron chi connectivity index (χ2n) is 7.34. The number of benzene rings is 3. The van der Waals surface area contributed by atoms with Crippen molar-refractivity contribution in [3.63, 3.8) is 0 Å². The Morgan fingerprint density at radius 3 is 1.63 bits per heavy atom. The number of phenolic OH excluding ortho intramolecular Hbond substituents is 3. The zero-order valence-electron chi connectivity index (χ0n) is 16.2. The maximum Gasteiger partial charge on any atom is 0.119 e. The molecule has 140 valence electrons. The van der Waals surface area contributed by atoms with Crippen LogP contribution in [-0.4, -0.2) is 15.3 Å². The molecule has 0 aliphatic heterocycles. The van der Waals surface area contributed by atoms with Gasteiger partial charge in [0.1, 0.15) is 17.2 Å². The first-order valence-electron chi connectivity index (χ1n) is 9.19. The lowest BCUT2D eigenvalue weighted by Crippen LogP contribution is -2.03. The van der Waals surface area contributed by atoms with Crippen molar-refractivity contribution in [3.05, 3.63) is 88.0 Å². The molecule has 0 fully saturated rings. The van der Waals surface area contributed by atoms with Crippen molar-refractivity contribution in [1.82, 2.24) is 0 Å². The third-order valence-electron chi connectivity index (χ3n) is 5.46. The van der Waals surface area contributed by atoms with Crippen LogP contribution in [0.5, 0.6) is 17.2 Å². The van der Waals surface area contributed by atoms with Crippen LogP contribution in [-0.2, 0) is 0 Å². The normalized spacial score (nSPS) is 13.3. The van der Waals surface area contributed by atoms with Gasteiger partial charge in [-0.3, -0.25) is 0 Å². The lowest BCUT2D eigenvalue weighted by Gasteiger charge is -2.21. The lowest BCUT2D eigenvalue weighted by molar-refractivity contribution is 0.465. The first-order valence-corrected chi connectivity index (χ1v) is 9.19. The quantitative estimate of drug-likeness (QED) is 0.556. The van der Waals surface area contributed by atoms with Gasteiger partial charge in [-0.1, -0.05) is 38.1 Å². The number of phenols is 3. The molecular formula is C24H26O3. The van der Waals surface area contributed by atoms with E-state index in [9.17, 15) is 15.3 Å². The molecule has 3 rings (SSSR count). The van der Waals surface area contributed by atoms with Gasteiger partial charge in [0, 0.05) is 17.4 Å². The zero-order chi connectivity index (χ0) is 19.7. The highest BCUT2D eigenvalue weighted by Crippen LogP contribution is 2.37. The summed E-state index contributed by atoms with van der Waals surface area (Å²) in [5.41, 5.74) is 6.24. The molecule has 27 heavy (non-hydrogen) atoms. The molecule has 3 aromatic rings. The molecule has 3 nitrogen and oxygen atoms in total. The molecule has 0 aliphatic rings. The van der Waals surface area contributed by atoms with Gasteiger partial charge in [-0.05, 0) is 72.0 Å². The Bertz CT molecular complexity index is 975. The highest BCUT2D eigenvalue weighted by molar-refractivity contribution is 5.49. The van der Waals surface area contributed by atoms with Gasteiger partial charge in [0.25, 0.3) is 0 Å². The molecular weight excluding hydrogens is 336 g/mol. The minimum atomic E-state index is -0.00124. The van der Waals surface area contributed by atoms with Gasteiger partial charge in [0.15, 0.2) is 0 Å². The SMILES string of the molecule is Cc1cc(O)ccc1C(C)c1ccc(O)c(C(C)c2ccc(O)cc2C)c1. The van der Waals surface area contributed by atoms with Gasteiger partial charge in [0.05, 0.1) is 0 Å². The van der Waals surface area contributed by atoms with Crippen LogP contribution in [0.3, 0.4) is 0 Å². The van der Waals surface area contributed by atoms with Crippen molar-refractivity contribution in [2.45, 2.75) is 39.5 Å². The Labute approximate surface area is 160 Å². The van der Waals surface area contributed by atoms with Crippen LogP contribution in [0.1, 0.15) is 59.1 Å². The van der Waals surface area contributed by atoms with Gasteiger partial charge in [-0.25, -0.2) is 0 Å². The van der Waals surface area contributed by atoms with Gasteiger partial charge in [-0.15, -0.1) is 0 Å². The highest BCUT2D eigenvalue weighted by atomic mass is 16.3. The topological polar surface area (TPSA) is 60.7 Å². The fraction of sp³-hybridized carbons (Fsp3) is 0.250. The summed E-state index contributed by atoms with van der Waals surface area (Å²) in [6, 6.07) is 16.5. The summed E-state index contributed by atoms with van der Waals surface area (Å²) in [6.45, 7) is 8.16. The largest absolute Gasteiger partial charge is 0.508 e. The van der Waals surface area contributed by atoms with Crippen molar-refractivity contribution in [3.8, 4) is 17.2 Å². The molecule has 0 saturated heterocycles. The van der Waals surface area contributed by atoms with E-state index in [2.05, 4.69) is 19.9 Å². The Balaban J connectivity index is 2.01. The van der Waals surface area contributed by atoms with E-state index in [0.29, 0.717) is 0 Å². The zero-order valence-corrected chi connectivity index (χ0v) is 16.2. The van der Waals surface area contributed by atoms with Crippen molar-refractivity contribution < 1.29 is 15.3 Å². The van der Waals surface area contributed by atoms with Crippen LogP contribution < -0.4 is 0 Å². The standard InChI is InChI=1S/C24H26O3/c1-14-11-19(25)6-8-21(14)16(3)18-5-10-24(27)23(13-18)17(4)22-9-7-20(26)12-15(22)2/h5-13,16-17,25-27H,1-4H3. The van der Waals surface area contributed by atoms with Gasteiger partial charge in [0.2, 0.25) is 0 Å². The van der Waals surface area contributed by atoms with E-state index in [1.54, 1.807) is 30.3 Å². The second-order valence-corrected chi connectivity index (χ2v) is 7.34. The first kappa shape index (κ1) is 18.8. The predicted octanol–water partition coefficient (Wildman–Crippen LogP) is 5.72. The third-order valence-corrected chi connectivity index (χ3v) is 5.46. The third kappa shape index (κ3) is 3.77. The molecule has 0 amide bonds. The van der Waals surface area contributed by atoms with Crippen molar-refractivity contribution in [2.24, 2.45) is 0 Å². The minimum Gasteiger partial charge on any atom is -0.508 e. The second kappa shape index (κ2) is 7.36. The average molecular weight is 362 g/mol. The molecule has 3 heteroatoms. The number of aromatic hydroxyl groups is 3. The van der Waals surface area contributed by atoms with Gasteiger partial charge < -0.3 is 15.3 Å². The Morgan fingerprint density at radius 1 is 0.593 bits per heavy atom. The van der Waals surface area contributed by atoms with Crippen LogP contribution in [0, 0.1) is 13.8 Å². The predicted molar refractivity (Wildman–Crippen MR) is 109 cm³/mol. The van der Waals surface area contributed by atoms with E-state index in [0.717, 1.165) is 33.4 Å². The number of aryl methyl sites for hydroxylation is 2. The molecule has 3 aromatic carbocycles. The molecule has 0 aromatic heterocycles. The van der Waals surface area contributed by atoms with Crippen LogP contribution >= 0.6 is 0 Å². The molecule has 2 atom stereocenters. The monoisotopic (exact) mass is 362 g/mol. The van der Waals surface area contributed by atoms with E-state index >= 15 is 0 Å². The maximum atomic E-state index is 10.5. The Hall–Kier alpha value is -2.94. The average Bonchev–Trinajstić information content (AvgIpc) is 2.61. The summed E-state index contributed by atoms with van der Waals surface area (Å²) in [5.74, 6) is 0.925. The van der Waals surface area contributed by atoms with Crippen LogP contribution in [0.2, 0.25) is 0 Å². The summed E-state index contributed by atoms with van der Waals surface area (Å²) in [5, 5.41) is 29.8. The number of hydrogen-bond acceptors (Lipinski definition) is 3.